The lowest BCUT2D eigenvalue weighted by molar-refractivity contribution is -0.171. The highest BCUT2D eigenvalue weighted by molar-refractivity contribution is 8.23. The Bertz CT molecular complexity index is 391. The molecule has 1 amide bonds. The number of amides is 1. The molecule has 0 rings (SSSR count). The summed E-state index contributed by atoms with van der Waals surface area (Å²) in [5.74, 6) is -0.766. The molecule has 5 nitrogen and oxygen atoms in total. The van der Waals surface area contributed by atoms with Crippen molar-refractivity contribution < 1.29 is 32.2 Å². The minimum atomic E-state index is -4.60. The summed E-state index contributed by atoms with van der Waals surface area (Å²) in [5, 5.41) is 1.13. The first-order valence-electron chi connectivity index (χ1n) is 7.56. The molecule has 0 bridgehead atoms. The van der Waals surface area contributed by atoms with Gasteiger partial charge in [-0.25, -0.2) is 0 Å². The van der Waals surface area contributed by atoms with Gasteiger partial charge < -0.3 is 19.5 Å². The van der Waals surface area contributed by atoms with Gasteiger partial charge in [0.15, 0.2) is 6.29 Å². The molecule has 0 spiro atoms. The number of halogens is 3. The van der Waals surface area contributed by atoms with Crippen molar-refractivity contribution >= 4 is 34.3 Å². The maximum absolute atomic E-state index is 13.2. The second kappa shape index (κ2) is 13.6. The number of carbonyl (C=O) groups is 1. The summed E-state index contributed by atoms with van der Waals surface area (Å²) >= 11 is 5.95. The number of carbonyl (C=O) groups excluding carboxylic acids is 1. The van der Waals surface area contributed by atoms with E-state index in [4.69, 9.17) is 26.4 Å². The largest absolute Gasteiger partial charge is 0.479 e. The zero-order valence-electron chi connectivity index (χ0n) is 14.1. The number of nitrogens with one attached hydrogen (secondary N) is 1. The predicted octanol–water partition coefficient (Wildman–Crippen LogP) is 3.90. The van der Waals surface area contributed by atoms with E-state index in [1.54, 1.807) is 20.8 Å². The molecule has 0 aromatic rings. The van der Waals surface area contributed by atoms with Gasteiger partial charge in [0.05, 0.1) is 11.9 Å². The van der Waals surface area contributed by atoms with Crippen molar-refractivity contribution in [2.75, 3.05) is 19.8 Å². The Kier molecular flexibility index (Phi) is 14.5. The first kappa shape index (κ1) is 26.6. The second-order valence-electron chi connectivity index (χ2n) is 4.65. The van der Waals surface area contributed by atoms with Crippen molar-refractivity contribution in [3.63, 3.8) is 0 Å². The topological polar surface area (TPSA) is 56.8 Å². The van der Waals surface area contributed by atoms with E-state index < -0.39 is 36.1 Å². The van der Waals surface area contributed by atoms with Crippen LogP contribution < -0.4 is 5.32 Å². The summed E-state index contributed by atoms with van der Waals surface area (Å²) in [5.41, 5.74) is 0. The minimum Gasteiger partial charge on any atom is -0.479 e. The van der Waals surface area contributed by atoms with E-state index in [9.17, 15) is 18.0 Å². The fourth-order valence-corrected chi connectivity index (χ4v) is 3.31. The minimum absolute atomic E-state index is 0. The third-order valence-electron chi connectivity index (χ3n) is 2.72. The van der Waals surface area contributed by atoms with Crippen LogP contribution in [0.4, 0.5) is 13.2 Å². The second-order valence-corrected chi connectivity index (χ2v) is 6.49. The van der Waals surface area contributed by atoms with Crippen LogP contribution in [0.3, 0.4) is 0 Å². The Balaban J connectivity index is 0. The molecular formula is C15H28F3NO4S2. The van der Waals surface area contributed by atoms with E-state index in [1.807, 2.05) is 5.32 Å². The van der Waals surface area contributed by atoms with Gasteiger partial charge in [0.25, 0.3) is 0 Å². The number of thioether (sulfide) groups is 1. The van der Waals surface area contributed by atoms with Gasteiger partial charge in [0.1, 0.15) is 6.04 Å². The molecule has 0 saturated heterocycles. The Labute approximate surface area is 157 Å². The molecule has 150 valence electrons. The average molecular weight is 408 g/mol. The van der Waals surface area contributed by atoms with E-state index in [0.29, 0.717) is 6.61 Å². The highest BCUT2D eigenvalue weighted by atomic mass is 32.2. The van der Waals surface area contributed by atoms with Crippen molar-refractivity contribution in [2.45, 2.75) is 65.3 Å². The van der Waals surface area contributed by atoms with Crippen LogP contribution in [0.15, 0.2) is 0 Å². The molecule has 0 radical (unpaired) electrons. The standard InChI is InChI=1S/C14H24F3NO4S2.CH4/c1-5-20-12(21-6-2)10(24-13(23)22-7-3)8-11(14(15,16)17)18-9(4)19;/h10-12H,5-8H2,1-4H3,(H,18,19);1H4. The van der Waals surface area contributed by atoms with E-state index in [2.05, 4.69) is 0 Å². The van der Waals surface area contributed by atoms with Gasteiger partial charge in [-0.1, -0.05) is 19.2 Å². The van der Waals surface area contributed by atoms with Gasteiger partial charge in [-0.15, -0.1) is 0 Å². The summed E-state index contributed by atoms with van der Waals surface area (Å²) in [6.45, 7) is 7.02. The lowest BCUT2D eigenvalue weighted by Crippen LogP contribution is -2.48. The maximum atomic E-state index is 13.2. The Morgan fingerprint density at radius 2 is 1.68 bits per heavy atom. The fourth-order valence-electron chi connectivity index (χ4n) is 1.83. The van der Waals surface area contributed by atoms with Crippen molar-refractivity contribution in [3.05, 3.63) is 0 Å². The molecule has 2 unspecified atom stereocenters. The third-order valence-corrected chi connectivity index (χ3v) is 4.15. The number of thiocarbonyl (C=S) groups is 1. The summed E-state index contributed by atoms with van der Waals surface area (Å²) in [7, 11) is 0. The molecule has 0 aliphatic rings. The summed E-state index contributed by atoms with van der Waals surface area (Å²) in [4.78, 5) is 11.1. The van der Waals surface area contributed by atoms with E-state index in [0.717, 1.165) is 18.7 Å². The molecule has 2 atom stereocenters. The van der Waals surface area contributed by atoms with Crippen LogP contribution in [-0.4, -0.2) is 53.9 Å². The van der Waals surface area contributed by atoms with Crippen molar-refractivity contribution in [3.8, 4) is 0 Å². The lowest BCUT2D eigenvalue weighted by atomic mass is 10.1. The van der Waals surface area contributed by atoms with Crippen LogP contribution in [0.5, 0.6) is 0 Å². The van der Waals surface area contributed by atoms with Gasteiger partial charge in [-0.3, -0.25) is 4.79 Å². The van der Waals surface area contributed by atoms with Gasteiger partial charge in [-0.05, 0) is 39.4 Å². The van der Waals surface area contributed by atoms with Crippen LogP contribution in [0.1, 0.15) is 41.5 Å². The van der Waals surface area contributed by atoms with E-state index >= 15 is 0 Å². The monoisotopic (exact) mass is 407 g/mol. The quantitative estimate of drug-likeness (QED) is 0.438. The lowest BCUT2D eigenvalue weighted by Gasteiger charge is -2.30. The molecule has 0 saturated carbocycles. The van der Waals surface area contributed by atoms with Crippen molar-refractivity contribution in [2.24, 2.45) is 0 Å². The Morgan fingerprint density at radius 1 is 1.16 bits per heavy atom. The highest BCUT2D eigenvalue weighted by Crippen LogP contribution is 2.31. The first-order valence-corrected chi connectivity index (χ1v) is 8.84. The van der Waals surface area contributed by atoms with Crippen molar-refractivity contribution in [1.82, 2.24) is 5.32 Å². The molecule has 0 aliphatic heterocycles. The van der Waals surface area contributed by atoms with Crippen molar-refractivity contribution in [1.29, 1.82) is 0 Å². The van der Waals surface area contributed by atoms with Crippen LogP contribution in [0.2, 0.25) is 0 Å². The molecule has 0 heterocycles. The average Bonchev–Trinajstić information content (AvgIpc) is 2.44. The molecule has 1 N–H and O–H groups in total. The van der Waals surface area contributed by atoms with Gasteiger partial charge in [0, 0.05) is 20.1 Å². The molecule has 0 aliphatic carbocycles. The number of hydrogen-bond donors (Lipinski definition) is 1. The Morgan fingerprint density at radius 3 is 2.04 bits per heavy atom. The van der Waals surface area contributed by atoms with Gasteiger partial charge in [0.2, 0.25) is 10.3 Å². The highest BCUT2D eigenvalue weighted by Gasteiger charge is 2.43. The van der Waals surface area contributed by atoms with Crippen LogP contribution in [-0.2, 0) is 19.0 Å². The predicted molar refractivity (Wildman–Crippen MR) is 97.7 cm³/mol. The third kappa shape index (κ3) is 11.6. The van der Waals surface area contributed by atoms with Gasteiger partial charge in [-0.2, -0.15) is 13.2 Å². The number of ether oxygens (including phenoxy) is 3. The zero-order valence-corrected chi connectivity index (χ0v) is 15.8. The van der Waals surface area contributed by atoms with Gasteiger partial charge >= 0.3 is 6.18 Å². The molecule has 0 aromatic heterocycles. The smallest absolute Gasteiger partial charge is 0.408 e. The number of rotatable bonds is 10. The molecule has 25 heavy (non-hydrogen) atoms. The molecule has 0 aromatic carbocycles. The number of alkyl halides is 3. The van der Waals surface area contributed by atoms with Crippen LogP contribution >= 0.6 is 24.0 Å². The number of hydrogen-bond acceptors (Lipinski definition) is 6. The normalized spacial score (nSPS) is 13.8. The summed E-state index contributed by atoms with van der Waals surface area (Å²) < 4.78 is 55.6. The first-order chi connectivity index (χ1) is 11.1. The fraction of sp³-hybridized carbons (Fsp3) is 0.867. The van der Waals surface area contributed by atoms with Crippen LogP contribution in [0, 0.1) is 0 Å². The SMILES string of the molecule is C.CCOC(=S)SC(CC(NC(C)=O)C(F)(F)F)C(OCC)OCC. The molecular weight excluding hydrogens is 379 g/mol. The Hall–Kier alpha value is -0.580. The summed E-state index contributed by atoms with van der Waals surface area (Å²) in [6, 6.07) is -2.03. The maximum Gasteiger partial charge on any atom is 0.408 e. The van der Waals surface area contributed by atoms with E-state index in [1.165, 1.54) is 0 Å². The molecule has 0 fully saturated rings. The van der Waals surface area contributed by atoms with E-state index in [-0.39, 0.29) is 25.0 Å². The summed E-state index contributed by atoms with van der Waals surface area (Å²) in [6.07, 6.45) is -5.95. The van der Waals surface area contributed by atoms with Crippen LogP contribution in [0.25, 0.3) is 0 Å². The molecule has 10 heteroatoms. The zero-order chi connectivity index (χ0) is 18.8.